The average molecular weight is 555 g/mol. The molecule has 0 bridgehead atoms. The van der Waals surface area contributed by atoms with E-state index in [1.807, 2.05) is 0 Å². The Balaban J connectivity index is 0.000000368. The van der Waals surface area contributed by atoms with Gasteiger partial charge in [0.2, 0.25) is 10.8 Å². The summed E-state index contributed by atoms with van der Waals surface area (Å²) in [5.41, 5.74) is 0.573. The first-order valence-electron chi connectivity index (χ1n) is 6.15. The van der Waals surface area contributed by atoms with Crippen LogP contribution >= 0.6 is 85.2 Å². The van der Waals surface area contributed by atoms with E-state index in [-0.39, 0.29) is 11.4 Å². The molecule has 0 saturated carbocycles. The Morgan fingerprint density at radius 3 is 1.12 bits per heavy atom. The van der Waals surface area contributed by atoms with Crippen molar-refractivity contribution < 1.29 is 10.8 Å². The quantitative estimate of drug-likeness (QED) is 0.240. The van der Waals surface area contributed by atoms with Gasteiger partial charge >= 0.3 is 61.0 Å². The van der Waals surface area contributed by atoms with Gasteiger partial charge in [0, 0.05) is 10.0 Å². The first-order chi connectivity index (χ1) is 11.5. The summed E-state index contributed by atoms with van der Waals surface area (Å²) in [5, 5.41) is 18.4. The van der Waals surface area contributed by atoms with Crippen LogP contribution in [0.1, 0.15) is 0 Å². The molecule has 2 aromatic rings. The number of halogens is 8. The number of rotatable bonds is 0. The molecule has 0 radical (unpaired) electrons. The molecule has 2 aromatic carbocycles. The summed E-state index contributed by atoms with van der Waals surface area (Å²) in [6, 6.07) is 9.34. The molecular formula is C12H6Cl8N4Zn. The van der Waals surface area contributed by atoms with Crippen LogP contribution < -0.4 is 0 Å². The van der Waals surface area contributed by atoms with Gasteiger partial charge < -0.3 is 0 Å². The Kier molecular flexibility index (Phi) is 12.7. The number of diazo groups is 2. The summed E-state index contributed by atoms with van der Waals surface area (Å²) in [4.78, 5) is 5.83. The van der Waals surface area contributed by atoms with E-state index in [1.54, 1.807) is 24.3 Å². The van der Waals surface area contributed by atoms with Gasteiger partial charge in [0.05, 0.1) is 12.1 Å². The molecule has 0 aromatic heterocycles. The average Bonchev–Trinajstić information content (AvgIpc) is 2.51. The van der Waals surface area contributed by atoms with Crippen LogP contribution in [0.3, 0.4) is 0 Å². The van der Waals surface area contributed by atoms with Gasteiger partial charge in [-0.15, -0.1) is 0 Å². The summed E-state index contributed by atoms with van der Waals surface area (Å²) in [6.45, 7) is 0. The predicted octanol–water partition coefficient (Wildman–Crippen LogP) is 9.71. The van der Waals surface area contributed by atoms with Gasteiger partial charge in [0.15, 0.2) is 9.95 Å². The Morgan fingerprint density at radius 2 is 0.920 bits per heavy atom. The standard InChI is InChI=1S/2C6H3Cl2N2.4ClH.Zn/c2*7-4-1-2-5(8)6(3-4)10-9;;;;;/h2*1-3H;4*1H;/q2*+1;;;;;+2/p-4. The van der Waals surface area contributed by atoms with Crippen LogP contribution in [0.5, 0.6) is 0 Å². The normalized spacial score (nSPS) is 9.52. The van der Waals surface area contributed by atoms with Gasteiger partial charge in [-0.1, -0.05) is 46.4 Å². The molecule has 4 nitrogen and oxygen atoms in total. The first kappa shape index (κ1) is 25.2. The Labute approximate surface area is 183 Å². The monoisotopic (exact) mass is 550 g/mol. The maximum atomic E-state index is 8.32. The second kappa shape index (κ2) is 12.6. The van der Waals surface area contributed by atoms with Gasteiger partial charge in [-0.05, 0) is 24.3 Å². The van der Waals surface area contributed by atoms with Gasteiger partial charge in [-0.3, -0.25) is 0 Å². The van der Waals surface area contributed by atoms with Crippen molar-refractivity contribution in [2.45, 2.75) is 0 Å². The zero-order valence-corrected chi connectivity index (χ0v) is 21.0. The summed E-state index contributed by atoms with van der Waals surface area (Å²) in [6.07, 6.45) is 0. The number of benzene rings is 2. The van der Waals surface area contributed by atoms with E-state index in [1.165, 1.54) is 12.1 Å². The molecule has 0 aliphatic rings. The van der Waals surface area contributed by atoms with Crippen LogP contribution in [0, 0.1) is 10.8 Å². The van der Waals surface area contributed by atoms with Crippen LogP contribution in [0.2, 0.25) is 20.1 Å². The fourth-order valence-corrected chi connectivity index (χ4v) is 1.77. The van der Waals surface area contributed by atoms with Crippen molar-refractivity contribution in [3.63, 3.8) is 0 Å². The van der Waals surface area contributed by atoms with Crippen LogP contribution in [-0.4, -0.2) is 0 Å². The molecule has 0 N–H and O–H groups in total. The van der Waals surface area contributed by atoms with E-state index >= 15 is 0 Å². The van der Waals surface area contributed by atoms with Crippen molar-refractivity contribution in [3.05, 3.63) is 66.4 Å². The van der Waals surface area contributed by atoms with Crippen LogP contribution in [-0.2, 0) is 10.8 Å². The van der Waals surface area contributed by atoms with Crippen molar-refractivity contribution in [2.24, 2.45) is 0 Å². The van der Waals surface area contributed by atoms with E-state index < -0.39 is 10.8 Å². The van der Waals surface area contributed by atoms with E-state index in [0.29, 0.717) is 20.1 Å². The topological polar surface area (TPSA) is 56.3 Å². The summed E-state index contributed by atoms with van der Waals surface area (Å²) in [7, 11) is 16.8. The van der Waals surface area contributed by atoms with E-state index in [4.69, 9.17) is 96.0 Å². The summed E-state index contributed by atoms with van der Waals surface area (Å²) < 4.78 is 0. The molecule has 132 valence electrons. The fraction of sp³-hybridized carbons (Fsp3) is 0. The molecule has 25 heavy (non-hydrogen) atoms. The summed E-state index contributed by atoms with van der Waals surface area (Å²) >= 11 is 22.3. The SMILES string of the molecule is N#[N+]c1cc(Cl)ccc1Cl.N#[N+]c1cc(Cl)ccc1Cl.[Cl][Zn-2]([Cl])([Cl])[Cl]. The number of hydrogen-bond acceptors (Lipinski definition) is 2. The van der Waals surface area contributed by atoms with Gasteiger partial charge in [-0.2, -0.15) is 0 Å². The fourth-order valence-electron chi connectivity index (χ4n) is 1.12. The van der Waals surface area contributed by atoms with Crippen LogP contribution in [0.25, 0.3) is 9.95 Å². The second-order valence-electron chi connectivity index (χ2n) is 4.00. The maximum absolute atomic E-state index is 8.32. The summed E-state index contributed by atoms with van der Waals surface area (Å²) in [5.74, 6) is 0. The third-order valence-corrected chi connectivity index (χ3v) is 3.14. The van der Waals surface area contributed by atoms with Gasteiger partial charge in [0.25, 0.3) is 0 Å². The Bertz CT molecular complexity index is 730. The van der Waals surface area contributed by atoms with Gasteiger partial charge in [0.1, 0.15) is 10.0 Å². The second-order valence-corrected chi connectivity index (χ2v) is 33.4. The third kappa shape index (κ3) is 13.1. The number of nitrogens with zero attached hydrogens (tertiary/aromatic N) is 4. The Hall–Kier alpha value is 0.223. The van der Waals surface area contributed by atoms with Crippen molar-refractivity contribution in [3.8, 4) is 0 Å². The molecule has 0 fully saturated rings. The zero-order valence-electron chi connectivity index (χ0n) is 12.0. The molecule has 0 heterocycles. The van der Waals surface area contributed by atoms with E-state index in [9.17, 15) is 0 Å². The van der Waals surface area contributed by atoms with Crippen LogP contribution in [0.4, 0.5) is 11.4 Å². The van der Waals surface area contributed by atoms with Crippen molar-refractivity contribution in [1.82, 2.24) is 0 Å². The molecule has 0 spiro atoms. The van der Waals surface area contributed by atoms with E-state index in [0.717, 1.165) is 0 Å². The van der Waals surface area contributed by atoms with Crippen LogP contribution in [0.15, 0.2) is 36.4 Å². The molecule has 0 aliphatic heterocycles. The Morgan fingerprint density at radius 1 is 0.640 bits per heavy atom. The van der Waals surface area contributed by atoms with Gasteiger partial charge in [-0.25, -0.2) is 0 Å². The minimum atomic E-state index is -3.36. The molecule has 13 heteroatoms. The molecule has 0 amide bonds. The first-order valence-corrected chi connectivity index (χ1v) is 23.3. The number of hydrogen-bond donors (Lipinski definition) is 0. The molecule has 2 rings (SSSR count). The van der Waals surface area contributed by atoms with Crippen molar-refractivity contribution in [1.29, 1.82) is 10.8 Å². The molecule has 0 unspecified atom stereocenters. The molecule has 0 aliphatic carbocycles. The van der Waals surface area contributed by atoms with Crippen molar-refractivity contribution >= 4 is 96.5 Å². The molecule has 0 atom stereocenters. The molecular weight excluding hydrogens is 549 g/mol. The minimum absolute atomic E-state index is 0.286. The van der Waals surface area contributed by atoms with Crippen molar-refractivity contribution in [2.75, 3.05) is 0 Å². The third-order valence-electron chi connectivity index (χ3n) is 2.03. The molecule has 0 saturated heterocycles. The van der Waals surface area contributed by atoms with E-state index in [2.05, 4.69) is 9.95 Å². The zero-order chi connectivity index (χ0) is 19.6. The predicted molar refractivity (Wildman–Crippen MR) is 106 cm³/mol.